The number of rotatable bonds is 9. The molecule has 7 rings (SSSR count). The smallest absolute Gasteiger partial charge is 0.309 e. The Morgan fingerprint density at radius 1 is 1.00 bits per heavy atom. The van der Waals surface area contributed by atoms with E-state index >= 15 is 0 Å². The maximum atomic E-state index is 11.9. The van der Waals surface area contributed by atoms with Gasteiger partial charge in [-0.25, -0.2) is 0 Å². The first kappa shape index (κ1) is 30.7. The lowest BCUT2D eigenvalue weighted by Gasteiger charge is -2.51. The Kier molecular flexibility index (Phi) is 8.12. The van der Waals surface area contributed by atoms with E-state index in [0.29, 0.717) is 12.2 Å². The number of hydrogen-bond acceptors (Lipinski definition) is 6. The molecule has 3 aliphatic carbocycles. The third-order valence-corrected chi connectivity index (χ3v) is 10.3. The molecule has 3 fully saturated rings. The molecule has 3 aliphatic rings. The molecule has 0 spiro atoms. The Morgan fingerprint density at radius 3 is 2.31 bits per heavy atom. The van der Waals surface area contributed by atoms with E-state index in [-0.39, 0.29) is 11.3 Å². The van der Waals surface area contributed by atoms with E-state index in [4.69, 9.17) is 20.8 Å². The Balaban J connectivity index is 1.29. The van der Waals surface area contributed by atoms with Gasteiger partial charge in [0.2, 0.25) is 0 Å². The molecule has 1 unspecified atom stereocenters. The summed E-state index contributed by atoms with van der Waals surface area (Å²) in [5.41, 5.74) is 14.1. The molecule has 3 saturated carbocycles. The molecule has 0 saturated heterocycles. The summed E-state index contributed by atoms with van der Waals surface area (Å²) >= 11 is 0. The molecule has 0 radical (unpaired) electrons. The Hall–Kier alpha value is -4.30. The minimum absolute atomic E-state index is 0.0348. The molecule has 8 heteroatoms. The summed E-state index contributed by atoms with van der Waals surface area (Å²) in [7, 11) is 0. The van der Waals surface area contributed by atoms with Gasteiger partial charge in [0.1, 0.15) is 0 Å². The quantitative estimate of drug-likeness (QED) is 0.172. The van der Waals surface area contributed by atoms with E-state index in [2.05, 4.69) is 26.0 Å². The number of benzene rings is 2. The van der Waals surface area contributed by atoms with Gasteiger partial charge in [-0.05, 0) is 87.6 Å². The van der Waals surface area contributed by atoms with E-state index in [9.17, 15) is 15.0 Å². The van der Waals surface area contributed by atoms with Crippen LogP contribution < -0.4 is 5.73 Å². The number of aryl methyl sites for hydroxylation is 1. The number of carboxylic acids is 1. The van der Waals surface area contributed by atoms with Crippen molar-refractivity contribution in [1.82, 2.24) is 14.8 Å². The van der Waals surface area contributed by atoms with Gasteiger partial charge in [0.25, 0.3) is 0 Å². The predicted octanol–water partition coefficient (Wildman–Crippen LogP) is 7.27. The van der Waals surface area contributed by atoms with Crippen LogP contribution in [0.5, 0.6) is 0 Å². The SMILES string of the molecule is CC(=Nc1ccc(C23CCC(C(=O)O)(CC2)CC3)nc1C)/C(=C(\N)c1cccc2nn(CC(O)c3ccccc3)cc12)C(C)C. The molecule has 0 amide bonds. The maximum Gasteiger partial charge on any atom is 0.309 e. The van der Waals surface area contributed by atoms with Gasteiger partial charge in [-0.2, -0.15) is 5.10 Å². The number of aliphatic hydroxyl groups is 1. The van der Waals surface area contributed by atoms with Crippen LogP contribution in [0.4, 0.5) is 5.69 Å². The number of hydrogen-bond donors (Lipinski definition) is 3. The van der Waals surface area contributed by atoms with Crippen molar-refractivity contribution in [2.24, 2.45) is 22.1 Å². The molecular formula is C37H43N5O3. The first-order valence-corrected chi connectivity index (χ1v) is 16.0. The van der Waals surface area contributed by atoms with Gasteiger partial charge in [-0.3, -0.25) is 19.5 Å². The molecule has 4 aromatic rings. The highest BCUT2D eigenvalue weighted by Crippen LogP contribution is 2.57. The standard InChI is InChI=1S/C37H43N5O3/c1-23(2)33(34(38)27-11-8-12-30-28(27)21-42(41-30)22-31(43)26-9-6-5-7-10-26)25(4)39-29-13-14-32(40-24(29)3)36-15-18-37(19-16-36,20-17-36)35(44)45/h5-14,21,23,31,43H,15-20,22,38H2,1-4H3,(H,44,45)/b34-33-,39-25?. The summed E-state index contributed by atoms with van der Waals surface area (Å²) in [6.45, 7) is 8.58. The second-order valence-electron chi connectivity index (χ2n) is 13.4. The summed E-state index contributed by atoms with van der Waals surface area (Å²) in [6.07, 6.45) is 6.08. The molecule has 45 heavy (non-hydrogen) atoms. The van der Waals surface area contributed by atoms with Crippen LogP contribution >= 0.6 is 0 Å². The number of nitrogens with two attached hydrogens (primary N) is 1. The van der Waals surface area contributed by atoms with Crippen LogP contribution in [0.2, 0.25) is 0 Å². The van der Waals surface area contributed by atoms with Gasteiger partial charge in [0.05, 0.1) is 35.0 Å². The fourth-order valence-corrected chi connectivity index (χ4v) is 7.55. The number of aliphatic hydroxyl groups excluding tert-OH is 1. The molecule has 4 N–H and O–H groups in total. The number of aliphatic carboxylic acids is 1. The van der Waals surface area contributed by atoms with Gasteiger partial charge >= 0.3 is 5.97 Å². The highest BCUT2D eigenvalue weighted by Gasteiger charge is 2.53. The van der Waals surface area contributed by atoms with Crippen molar-refractivity contribution < 1.29 is 15.0 Å². The van der Waals surface area contributed by atoms with Gasteiger partial charge in [-0.1, -0.05) is 56.3 Å². The normalized spacial score (nSPS) is 22.9. The number of allylic oxidation sites excluding steroid dienone is 1. The van der Waals surface area contributed by atoms with Crippen LogP contribution in [0.25, 0.3) is 16.6 Å². The summed E-state index contributed by atoms with van der Waals surface area (Å²) in [5.74, 6) is -0.523. The van der Waals surface area contributed by atoms with Gasteiger partial charge in [-0.15, -0.1) is 0 Å². The van der Waals surface area contributed by atoms with E-state index in [1.54, 1.807) is 4.68 Å². The Morgan fingerprint density at radius 2 is 1.69 bits per heavy atom. The lowest BCUT2D eigenvalue weighted by atomic mass is 9.52. The molecule has 2 bridgehead atoms. The van der Waals surface area contributed by atoms with E-state index in [1.807, 2.05) is 68.6 Å². The zero-order valence-corrected chi connectivity index (χ0v) is 26.6. The van der Waals surface area contributed by atoms with E-state index in [1.165, 1.54) is 0 Å². The van der Waals surface area contributed by atoms with Crippen molar-refractivity contribution >= 4 is 34.0 Å². The van der Waals surface area contributed by atoms with Crippen LogP contribution in [0.1, 0.15) is 87.9 Å². The lowest BCUT2D eigenvalue weighted by molar-refractivity contribution is -0.156. The number of nitrogens with zero attached hydrogens (tertiary/aromatic N) is 4. The molecule has 2 aromatic heterocycles. The molecule has 2 heterocycles. The number of aliphatic imine (C=N–C) groups is 1. The number of fused-ring (bicyclic) bond motifs is 4. The second-order valence-corrected chi connectivity index (χ2v) is 13.4. The average molecular weight is 606 g/mol. The van der Waals surface area contributed by atoms with Crippen LogP contribution in [-0.2, 0) is 16.8 Å². The van der Waals surface area contributed by atoms with Crippen molar-refractivity contribution in [2.75, 3.05) is 0 Å². The number of pyridine rings is 1. The predicted molar refractivity (Wildman–Crippen MR) is 178 cm³/mol. The third-order valence-electron chi connectivity index (χ3n) is 10.3. The van der Waals surface area contributed by atoms with Crippen LogP contribution in [0.3, 0.4) is 0 Å². The largest absolute Gasteiger partial charge is 0.481 e. The van der Waals surface area contributed by atoms with E-state index in [0.717, 1.165) is 88.9 Å². The second kappa shape index (κ2) is 11.9. The fraction of sp³-hybridized carbons (Fsp3) is 0.405. The first-order valence-electron chi connectivity index (χ1n) is 16.0. The number of aromatic nitrogens is 3. The Bertz CT molecular complexity index is 1780. The van der Waals surface area contributed by atoms with Gasteiger partial charge in [0, 0.05) is 39.7 Å². The van der Waals surface area contributed by atoms with Crippen molar-refractivity contribution in [3.63, 3.8) is 0 Å². The summed E-state index contributed by atoms with van der Waals surface area (Å²) in [4.78, 5) is 22.0. The molecule has 8 nitrogen and oxygen atoms in total. The van der Waals surface area contributed by atoms with Crippen molar-refractivity contribution in [3.05, 3.63) is 94.9 Å². The average Bonchev–Trinajstić information content (AvgIpc) is 3.45. The highest BCUT2D eigenvalue weighted by atomic mass is 16.4. The number of carbonyl (C=O) groups is 1. The minimum atomic E-state index is -0.671. The molecule has 2 aromatic carbocycles. The van der Waals surface area contributed by atoms with Gasteiger partial charge in [0.15, 0.2) is 0 Å². The van der Waals surface area contributed by atoms with Crippen molar-refractivity contribution in [3.8, 4) is 0 Å². The summed E-state index contributed by atoms with van der Waals surface area (Å²) < 4.78 is 1.78. The van der Waals surface area contributed by atoms with Gasteiger partial charge < -0.3 is 15.9 Å². The van der Waals surface area contributed by atoms with Crippen LogP contribution in [0, 0.1) is 18.3 Å². The number of carboxylic acid groups (broad SMARTS) is 1. The van der Waals surface area contributed by atoms with E-state index < -0.39 is 17.5 Å². The molecule has 1 atom stereocenters. The summed E-state index contributed by atoms with van der Waals surface area (Å²) in [6, 6.07) is 19.7. The first-order chi connectivity index (χ1) is 21.5. The summed E-state index contributed by atoms with van der Waals surface area (Å²) in [5, 5.41) is 26.2. The lowest BCUT2D eigenvalue weighted by Crippen LogP contribution is -2.48. The highest BCUT2D eigenvalue weighted by molar-refractivity contribution is 6.08. The van der Waals surface area contributed by atoms with Crippen LogP contribution in [0.15, 0.2) is 77.4 Å². The zero-order chi connectivity index (χ0) is 31.9. The van der Waals surface area contributed by atoms with Crippen molar-refractivity contribution in [1.29, 1.82) is 0 Å². The minimum Gasteiger partial charge on any atom is -0.481 e. The Labute approximate surface area is 264 Å². The third kappa shape index (κ3) is 5.68. The zero-order valence-electron chi connectivity index (χ0n) is 26.6. The fourth-order valence-electron chi connectivity index (χ4n) is 7.55. The van der Waals surface area contributed by atoms with Crippen LogP contribution in [-0.4, -0.2) is 36.7 Å². The molecular weight excluding hydrogens is 562 g/mol. The topological polar surface area (TPSA) is 127 Å². The maximum absolute atomic E-state index is 11.9. The van der Waals surface area contributed by atoms with Crippen molar-refractivity contribution in [2.45, 2.75) is 84.3 Å². The molecule has 0 aliphatic heterocycles. The molecule has 234 valence electrons. The monoisotopic (exact) mass is 605 g/mol.